The van der Waals surface area contributed by atoms with Crippen molar-refractivity contribution in [3.63, 3.8) is 0 Å². The van der Waals surface area contributed by atoms with Crippen molar-refractivity contribution in [3.05, 3.63) is 65.2 Å². The molecule has 0 saturated carbocycles. The molecule has 5 nitrogen and oxygen atoms in total. The number of benzene rings is 2. The summed E-state index contributed by atoms with van der Waals surface area (Å²) in [6.45, 7) is 0.117. The molecule has 7 heteroatoms. The van der Waals surface area contributed by atoms with E-state index in [0.717, 1.165) is 12.1 Å². The molecule has 2 aromatic rings. The molecule has 0 spiro atoms. The summed E-state index contributed by atoms with van der Waals surface area (Å²) >= 11 is 0. The largest absolute Gasteiger partial charge is 0.465 e. The van der Waals surface area contributed by atoms with E-state index in [1.807, 2.05) is 0 Å². The first kappa shape index (κ1) is 15.4. The smallest absolute Gasteiger partial charge is 0.404 e. The number of hydrogen-bond acceptors (Lipinski definition) is 2. The zero-order chi connectivity index (χ0) is 16.1. The molecule has 0 atom stereocenters. The lowest BCUT2D eigenvalue weighted by Gasteiger charge is -2.08. The van der Waals surface area contributed by atoms with Crippen molar-refractivity contribution in [3.8, 4) is 0 Å². The second kappa shape index (κ2) is 6.66. The van der Waals surface area contributed by atoms with Gasteiger partial charge in [0, 0.05) is 12.2 Å². The van der Waals surface area contributed by atoms with Crippen LogP contribution in [-0.4, -0.2) is 17.1 Å². The molecule has 114 valence electrons. The lowest BCUT2D eigenvalue weighted by Crippen LogP contribution is -2.20. The number of carbonyl (C=O) groups excluding carboxylic acids is 1. The number of nitrogens with one attached hydrogen (secondary N) is 2. The van der Waals surface area contributed by atoms with Crippen LogP contribution in [0.15, 0.2) is 42.5 Å². The number of hydrogen-bond donors (Lipinski definition) is 3. The third kappa shape index (κ3) is 3.78. The fourth-order valence-corrected chi connectivity index (χ4v) is 1.79. The summed E-state index contributed by atoms with van der Waals surface area (Å²) in [7, 11) is 0. The lowest BCUT2D eigenvalue weighted by atomic mass is 10.1. The number of carbonyl (C=O) groups is 2. The Kier molecular flexibility index (Phi) is 4.67. The molecule has 0 fully saturated rings. The molecule has 2 rings (SSSR count). The van der Waals surface area contributed by atoms with E-state index in [1.54, 1.807) is 12.1 Å². The molecule has 0 bridgehead atoms. The Morgan fingerprint density at radius 1 is 1.00 bits per heavy atom. The second-order valence-corrected chi connectivity index (χ2v) is 4.41. The Morgan fingerprint density at radius 3 is 2.14 bits per heavy atom. The molecule has 0 aliphatic rings. The van der Waals surface area contributed by atoms with Crippen LogP contribution in [-0.2, 0) is 6.54 Å². The maximum Gasteiger partial charge on any atom is 0.404 e. The van der Waals surface area contributed by atoms with Gasteiger partial charge < -0.3 is 15.7 Å². The van der Waals surface area contributed by atoms with Gasteiger partial charge in [0.2, 0.25) is 0 Å². The van der Waals surface area contributed by atoms with Crippen LogP contribution in [0.5, 0.6) is 0 Å². The summed E-state index contributed by atoms with van der Waals surface area (Å²) in [4.78, 5) is 22.2. The number of carboxylic acid groups (broad SMARTS) is 1. The first-order chi connectivity index (χ1) is 10.5. The van der Waals surface area contributed by atoms with Gasteiger partial charge in [-0.15, -0.1) is 0 Å². The van der Waals surface area contributed by atoms with Crippen molar-refractivity contribution in [1.82, 2.24) is 5.32 Å². The molecule has 0 saturated heterocycles. The molecule has 22 heavy (non-hydrogen) atoms. The Balaban J connectivity index is 2.07. The van der Waals surface area contributed by atoms with Crippen LogP contribution >= 0.6 is 0 Å². The predicted octanol–water partition coefficient (Wildman–Crippen LogP) is 2.98. The van der Waals surface area contributed by atoms with Crippen molar-refractivity contribution >= 4 is 17.7 Å². The standard InChI is InChI=1S/C15H12F2N2O3/c16-11-2-1-3-12(17)13(11)14(20)19-10-6-4-9(5-7-10)8-18-15(21)22/h1-7,18H,8H2,(H,19,20)(H,21,22). The van der Waals surface area contributed by atoms with E-state index in [4.69, 9.17) is 5.11 Å². The van der Waals surface area contributed by atoms with Crippen molar-refractivity contribution in [2.45, 2.75) is 6.54 Å². The van der Waals surface area contributed by atoms with Crippen LogP contribution in [0.25, 0.3) is 0 Å². The maximum absolute atomic E-state index is 13.5. The fourth-order valence-electron chi connectivity index (χ4n) is 1.79. The van der Waals surface area contributed by atoms with E-state index in [-0.39, 0.29) is 6.54 Å². The summed E-state index contributed by atoms with van der Waals surface area (Å²) < 4.78 is 27.0. The average Bonchev–Trinajstić information content (AvgIpc) is 2.46. The molecule has 0 aromatic heterocycles. The summed E-state index contributed by atoms with van der Waals surface area (Å²) in [6, 6.07) is 9.36. The normalized spacial score (nSPS) is 10.1. The number of halogens is 2. The second-order valence-electron chi connectivity index (χ2n) is 4.41. The van der Waals surface area contributed by atoms with Gasteiger partial charge in [-0.3, -0.25) is 4.79 Å². The number of rotatable bonds is 4. The summed E-state index contributed by atoms with van der Waals surface area (Å²) in [5.41, 5.74) is 0.364. The minimum Gasteiger partial charge on any atom is -0.465 e. The van der Waals surface area contributed by atoms with Gasteiger partial charge in [-0.05, 0) is 29.8 Å². The van der Waals surface area contributed by atoms with Gasteiger partial charge in [0.05, 0.1) is 0 Å². The fraction of sp³-hybridized carbons (Fsp3) is 0.0667. The zero-order valence-electron chi connectivity index (χ0n) is 11.3. The monoisotopic (exact) mass is 306 g/mol. The molecule has 0 radical (unpaired) electrons. The SMILES string of the molecule is O=C(O)NCc1ccc(NC(=O)c2c(F)cccc2F)cc1. The van der Waals surface area contributed by atoms with Crippen molar-refractivity contribution in [2.75, 3.05) is 5.32 Å². The van der Waals surface area contributed by atoms with Gasteiger partial charge in [0.15, 0.2) is 0 Å². The summed E-state index contributed by atoms with van der Waals surface area (Å²) in [5.74, 6) is -2.79. The quantitative estimate of drug-likeness (QED) is 0.812. The van der Waals surface area contributed by atoms with Gasteiger partial charge in [-0.2, -0.15) is 0 Å². The number of anilines is 1. The Labute approximate surface area is 124 Å². The molecule has 0 heterocycles. The predicted molar refractivity (Wildman–Crippen MR) is 75.6 cm³/mol. The summed E-state index contributed by atoms with van der Waals surface area (Å²) in [6.07, 6.45) is -1.15. The van der Waals surface area contributed by atoms with E-state index in [2.05, 4.69) is 10.6 Å². The Morgan fingerprint density at radius 2 is 1.59 bits per heavy atom. The highest BCUT2D eigenvalue weighted by atomic mass is 19.1. The van der Waals surface area contributed by atoms with Crippen LogP contribution in [0.2, 0.25) is 0 Å². The van der Waals surface area contributed by atoms with Crippen LogP contribution < -0.4 is 10.6 Å². The molecule has 0 aliphatic carbocycles. The van der Waals surface area contributed by atoms with Gasteiger partial charge >= 0.3 is 6.09 Å². The van der Waals surface area contributed by atoms with Gasteiger partial charge in [0.25, 0.3) is 5.91 Å². The van der Waals surface area contributed by atoms with Crippen LogP contribution in [0.4, 0.5) is 19.3 Å². The molecule has 3 N–H and O–H groups in total. The third-order valence-corrected chi connectivity index (χ3v) is 2.85. The third-order valence-electron chi connectivity index (χ3n) is 2.85. The Bertz CT molecular complexity index is 682. The Hall–Kier alpha value is -2.96. The average molecular weight is 306 g/mol. The van der Waals surface area contributed by atoms with E-state index < -0.39 is 29.2 Å². The maximum atomic E-state index is 13.5. The number of amides is 2. The van der Waals surface area contributed by atoms with E-state index in [1.165, 1.54) is 18.2 Å². The summed E-state index contributed by atoms with van der Waals surface area (Å²) in [5, 5.41) is 13.1. The molecule has 2 amide bonds. The molecule has 0 unspecified atom stereocenters. The van der Waals surface area contributed by atoms with E-state index in [9.17, 15) is 18.4 Å². The minimum absolute atomic E-state index is 0.117. The van der Waals surface area contributed by atoms with Crippen molar-refractivity contribution < 1.29 is 23.5 Å². The molecule has 2 aromatic carbocycles. The van der Waals surface area contributed by atoms with E-state index in [0.29, 0.717) is 11.3 Å². The topological polar surface area (TPSA) is 78.4 Å². The highest BCUT2D eigenvalue weighted by Crippen LogP contribution is 2.16. The minimum atomic E-state index is -1.15. The van der Waals surface area contributed by atoms with Gasteiger partial charge in [-0.1, -0.05) is 18.2 Å². The van der Waals surface area contributed by atoms with E-state index >= 15 is 0 Å². The highest BCUT2D eigenvalue weighted by molar-refractivity contribution is 6.04. The van der Waals surface area contributed by atoms with Crippen LogP contribution in [0.1, 0.15) is 15.9 Å². The lowest BCUT2D eigenvalue weighted by molar-refractivity contribution is 0.101. The molecular weight excluding hydrogens is 294 g/mol. The highest BCUT2D eigenvalue weighted by Gasteiger charge is 2.16. The van der Waals surface area contributed by atoms with Crippen molar-refractivity contribution in [1.29, 1.82) is 0 Å². The van der Waals surface area contributed by atoms with Crippen molar-refractivity contribution in [2.24, 2.45) is 0 Å². The first-order valence-electron chi connectivity index (χ1n) is 6.28. The molecule has 0 aliphatic heterocycles. The zero-order valence-corrected chi connectivity index (χ0v) is 11.3. The van der Waals surface area contributed by atoms with Crippen LogP contribution in [0.3, 0.4) is 0 Å². The first-order valence-corrected chi connectivity index (χ1v) is 6.28. The molecular formula is C15H12F2N2O3. The van der Waals surface area contributed by atoms with Crippen LogP contribution in [0, 0.1) is 11.6 Å². The van der Waals surface area contributed by atoms with Gasteiger partial charge in [0.1, 0.15) is 17.2 Å². The van der Waals surface area contributed by atoms with Gasteiger partial charge in [-0.25, -0.2) is 13.6 Å².